The van der Waals surface area contributed by atoms with Gasteiger partial charge < -0.3 is 14.6 Å². The molecular formula is C31H38F4O3. The maximum atomic E-state index is 15.1. The summed E-state index contributed by atoms with van der Waals surface area (Å²) in [6, 6.07) is 6.34. The average molecular weight is 535 g/mol. The van der Waals surface area contributed by atoms with Crippen molar-refractivity contribution in [3.8, 4) is 5.75 Å². The van der Waals surface area contributed by atoms with Crippen molar-refractivity contribution < 1.29 is 32.1 Å². The first-order chi connectivity index (χ1) is 18.3. The van der Waals surface area contributed by atoms with Gasteiger partial charge in [-0.3, -0.25) is 0 Å². The predicted molar refractivity (Wildman–Crippen MR) is 139 cm³/mol. The molecule has 0 heterocycles. The van der Waals surface area contributed by atoms with Crippen LogP contribution in [0.3, 0.4) is 0 Å². The number of benzene rings is 2. The van der Waals surface area contributed by atoms with Crippen LogP contribution in [0.5, 0.6) is 5.75 Å². The minimum atomic E-state index is -1.03. The Labute approximate surface area is 222 Å². The molecule has 0 amide bonds. The fraction of sp³-hybridized carbons (Fsp3) is 0.548. The van der Waals surface area contributed by atoms with E-state index in [0.29, 0.717) is 43.2 Å². The first-order valence-corrected chi connectivity index (χ1v) is 13.8. The van der Waals surface area contributed by atoms with Gasteiger partial charge in [-0.2, -0.15) is 4.39 Å². The lowest BCUT2D eigenvalue weighted by atomic mass is 9.76. The summed E-state index contributed by atoms with van der Waals surface area (Å²) >= 11 is 0. The van der Waals surface area contributed by atoms with E-state index in [1.807, 2.05) is 0 Å². The Morgan fingerprint density at radius 1 is 0.842 bits per heavy atom. The molecule has 208 valence electrons. The molecule has 2 aliphatic rings. The standard InChI is InChI=1S/C31H38F4O3/c1-3-4-17-37-27-16-11-23(28(32)31(27)35)18-38-24-12-9-22(10-13-24)26-15-14-25(29(33)30(26)34)21-7-5-20(6-8-21)19(2)36/h3,11,14-16,19-22,24,36H,1,4-10,12-13,17-18H2,2H3. The van der Waals surface area contributed by atoms with Crippen molar-refractivity contribution in [2.24, 2.45) is 5.92 Å². The molecule has 1 N–H and O–H groups in total. The van der Waals surface area contributed by atoms with E-state index in [1.165, 1.54) is 12.1 Å². The van der Waals surface area contributed by atoms with Gasteiger partial charge in [0.1, 0.15) is 0 Å². The fourth-order valence-corrected chi connectivity index (χ4v) is 5.92. The van der Waals surface area contributed by atoms with Crippen LogP contribution in [0.15, 0.2) is 36.9 Å². The molecule has 2 aromatic rings. The second kappa shape index (κ2) is 13.1. The van der Waals surface area contributed by atoms with Gasteiger partial charge in [0.2, 0.25) is 5.82 Å². The topological polar surface area (TPSA) is 38.7 Å². The summed E-state index contributed by atoms with van der Waals surface area (Å²) in [5, 5.41) is 9.81. The number of hydrogen-bond donors (Lipinski definition) is 1. The van der Waals surface area contributed by atoms with Crippen LogP contribution in [0.4, 0.5) is 17.6 Å². The maximum absolute atomic E-state index is 15.1. The molecule has 0 radical (unpaired) electrons. The lowest BCUT2D eigenvalue weighted by Crippen LogP contribution is -2.23. The van der Waals surface area contributed by atoms with Crippen LogP contribution >= 0.6 is 0 Å². The predicted octanol–water partition coefficient (Wildman–Crippen LogP) is 8.10. The Kier molecular flexibility index (Phi) is 9.88. The smallest absolute Gasteiger partial charge is 0.200 e. The maximum Gasteiger partial charge on any atom is 0.200 e. The van der Waals surface area contributed by atoms with E-state index >= 15 is 8.78 Å². The monoisotopic (exact) mass is 534 g/mol. The molecule has 3 nitrogen and oxygen atoms in total. The first-order valence-electron chi connectivity index (χ1n) is 13.8. The number of hydrogen-bond acceptors (Lipinski definition) is 3. The second-order valence-electron chi connectivity index (χ2n) is 10.8. The molecule has 0 spiro atoms. The van der Waals surface area contributed by atoms with Crippen molar-refractivity contribution in [1.29, 1.82) is 0 Å². The van der Waals surface area contributed by atoms with Crippen molar-refractivity contribution in [3.63, 3.8) is 0 Å². The second-order valence-corrected chi connectivity index (χ2v) is 10.8. The molecule has 1 unspecified atom stereocenters. The van der Waals surface area contributed by atoms with Gasteiger partial charge in [0.25, 0.3) is 0 Å². The number of aliphatic hydroxyl groups excluding tert-OH is 1. The zero-order valence-corrected chi connectivity index (χ0v) is 22.0. The van der Waals surface area contributed by atoms with E-state index < -0.39 is 23.3 Å². The molecule has 2 saturated carbocycles. The highest BCUT2D eigenvalue weighted by Gasteiger charge is 2.31. The molecule has 38 heavy (non-hydrogen) atoms. The van der Waals surface area contributed by atoms with E-state index in [2.05, 4.69) is 6.58 Å². The van der Waals surface area contributed by atoms with Crippen LogP contribution in [0, 0.1) is 29.2 Å². The molecule has 0 aromatic heterocycles. The number of rotatable bonds is 10. The first kappa shape index (κ1) is 28.6. The van der Waals surface area contributed by atoms with E-state index in [1.54, 1.807) is 25.1 Å². The van der Waals surface area contributed by atoms with Gasteiger partial charge >= 0.3 is 0 Å². The average Bonchev–Trinajstić information content (AvgIpc) is 2.92. The summed E-state index contributed by atoms with van der Waals surface area (Å²) in [5.41, 5.74) is 0.966. The summed E-state index contributed by atoms with van der Waals surface area (Å²) in [4.78, 5) is 0. The van der Waals surface area contributed by atoms with Gasteiger partial charge in [0.05, 0.1) is 25.4 Å². The van der Waals surface area contributed by atoms with Gasteiger partial charge in [-0.25, -0.2) is 13.2 Å². The zero-order chi connectivity index (χ0) is 27.2. The number of halogens is 4. The van der Waals surface area contributed by atoms with Gasteiger partial charge in [-0.1, -0.05) is 18.2 Å². The van der Waals surface area contributed by atoms with E-state index in [4.69, 9.17) is 9.47 Å². The van der Waals surface area contributed by atoms with Crippen LogP contribution in [-0.2, 0) is 11.3 Å². The lowest BCUT2D eigenvalue weighted by molar-refractivity contribution is 0.0116. The van der Waals surface area contributed by atoms with Crippen LogP contribution in [-0.4, -0.2) is 23.9 Å². The zero-order valence-electron chi connectivity index (χ0n) is 22.0. The third-order valence-corrected chi connectivity index (χ3v) is 8.33. The quantitative estimate of drug-likeness (QED) is 0.190. The third kappa shape index (κ3) is 6.60. The SMILES string of the molecule is C=CCCOc1ccc(COC2CCC(c3ccc(C4CCC(C(C)O)CC4)c(F)c3F)CC2)c(F)c1F. The lowest BCUT2D eigenvalue weighted by Gasteiger charge is -2.32. The molecule has 2 aromatic carbocycles. The third-order valence-electron chi connectivity index (χ3n) is 8.33. The van der Waals surface area contributed by atoms with Crippen molar-refractivity contribution >= 4 is 0 Å². The highest BCUT2D eigenvalue weighted by Crippen LogP contribution is 2.41. The Morgan fingerprint density at radius 2 is 1.42 bits per heavy atom. The Bertz CT molecular complexity index is 1090. The normalized spacial score (nSPS) is 24.7. The summed E-state index contributed by atoms with van der Waals surface area (Å²) in [6.45, 7) is 5.50. The van der Waals surface area contributed by atoms with E-state index in [0.717, 1.165) is 25.7 Å². The van der Waals surface area contributed by atoms with Crippen LogP contribution in [0.2, 0.25) is 0 Å². The summed E-state index contributed by atoms with van der Waals surface area (Å²) in [5.74, 6) is -3.54. The molecule has 7 heteroatoms. The summed E-state index contributed by atoms with van der Waals surface area (Å²) < 4.78 is 70.1. The van der Waals surface area contributed by atoms with Crippen molar-refractivity contribution in [3.05, 3.63) is 76.9 Å². The van der Waals surface area contributed by atoms with Crippen LogP contribution in [0.25, 0.3) is 0 Å². The highest BCUT2D eigenvalue weighted by molar-refractivity contribution is 5.32. The Balaban J connectivity index is 1.30. The number of ether oxygens (including phenoxy) is 2. The van der Waals surface area contributed by atoms with E-state index in [-0.39, 0.29) is 54.5 Å². The van der Waals surface area contributed by atoms with Gasteiger partial charge in [0.15, 0.2) is 23.2 Å². The fourth-order valence-electron chi connectivity index (χ4n) is 5.92. The van der Waals surface area contributed by atoms with Gasteiger partial charge in [0, 0.05) is 5.56 Å². The molecule has 0 saturated heterocycles. The largest absolute Gasteiger partial charge is 0.490 e. The minimum Gasteiger partial charge on any atom is -0.490 e. The van der Waals surface area contributed by atoms with Gasteiger partial charge in [-0.05, 0) is 106 Å². The highest BCUT2D eigenvalue weighted by atomic mass is 19.2. The molecule has 2 fully saturated rings. The molecule has 1 atom stereocenters. The molecule has 4 rings (SSSR count). The summed E-state index contributed by atoms with van der Waals surface area (Å²) in [7, 11) is 0. The summed E-state index contributed by atoms with van der Waals surface area (Å²) in [6.07, 6.45) is 7.30. The van der Waals surface area contributed by atoms with Crippen molar-refractivity contribution in [1.82, 2.24) is 0 Å². The van der Waals surface area contributed by atoms with Crippen molar-refractivity contribution in [2.45, 2.75) is 95.4 Å². The Morgan fingerprint density at radius 3 is 1.97 bits per heavy atom. The molecular weight excluding hydrogens is 496 g/mol. The molecule has 2 aliphatic carbocycles. The molecule has 0 aliphatic heterocycles. The van der Waals surface area contributed by atoms with Crippen LogP contribution < -0.4 is 4.74 Å². The Hall–Kier alpha value is -2.38. The van der Waals surface area contributed by atoms with Gasteiger partial charge in [-0.15, -0.1) is 6.58 Å². The van der Waals surface area contributed by atoms with E-state index in [9.17, 15) is 13.9 Å². The number of aliphatic hydroxyl groups is 1. The van der Waals surface area contributed by atoms with Crippen LogP contribution in [0.1, 0.15) is 93.2 Å². The van der Waals surface area contributed by atoms with Crippen molar-refractivity contribution in [2.75, 3.05) is 6.61 Å². The minimum absolute atomic E-state index is 0.0179. The molecule has 0 bridgehead atoms.